The van der Waals surface area contributed by atoms with Gasteiger partial charge in [-0.3, -0.25) is 4.90 Å². The van der Waals surface area contributed by atoms with Gasteiger partial charge in [0, 0.05) is 23.1 Å². The van der Waals surface area contributed by atoms with Crippen LogP contribution < -0.4 is 5.73 Å². The molecular formula is C15H21BrN2. The molecule has 3 atom stereocenters. The van der Waals surface area contributed by atoms with Crippen molar-refractivity contribution in [3.8, 4) is 0 Å². The topological polar surface area (TPSA) is 29.3 Å². The number of likely N-dealkylation sites (tertiary alicyclic amines) is 1. The van der Waals surface area contributed by atoms with Crippen LogP contribution in [-0.2, 0) is 6.42 Å². The Labute approximate surface area is 118 Å². The average molecular weight is 309 g/mol. The fourth-order valence-electron chi connectivity index (χ4n) is 3.49. The fraction of sp³-hybridized carbons (Fsp3) is 0.600. The monoisotopic (exact) mass is 308 g/mol. The zero-order valence-electron chi connectivity index (χ0n) is 10.9. The van der Waals surface area contributed by atoms with E-state index < -0.39 is 0 Å². The minimum atomic E-state index is 0.332. The Kier molecular flexibility index (Phi) is 3.48. The molecule has 0 spiro atoms. The summed E-state index contributed by atoms with van der Waals surface area (Å²) in [5.41, 5.74) is 9.10. The summed E-state index contributed by atoms with van der Waals surface area (Å²) in [5.74, 6) is 0.682. The van der Waals surface area contributed by atoms with Crippen LogP contribution >= 0.6 is 15.9 Å². The van der Waals surface area contributed by atoms with Crippen molar-refractivity contribution >= 4 is 15.9 Å². The summed E-state index contributed by atoms with van der Waals surface area (Å²) in [7, 11) is 0. The normalized spacial score (nSPS) is 29.5. The average Bonchev–Trinajstić information content (AvgIpc) is 2.94. The molecule has 1 aromatic rings. The Balaban J connectivity index is 1.79. The third-order valence-electron chi connectivity index (χ3n) is 4.62. The van der Waals surface area contributed by atoms with Crippen molar-refractivity contribution in [2.45, 2.75) is 38.3 Å². The van der Waals surface area contributed by atoms with Gasteiger partial charge in [0.25, 0.3) is 0 Å². The Hall–Kier alpha value is -0.380. The van der Waals surface area contributed by atoms with Gasteiger partial charge in [-0.1, -0.05) is 28.1 Å². The standard InChI is InChI=1S/C15H21BrN2/c1-10(17)11-7-8-18(9-11)15-6-5-12-13(15)3-2-4-14(12)16/h2-4,10-11,15H,5-9,17H2,1H3. The van der Waals surface area contributed by atoms with Crippen molar-refractivity contribution in [1.82, 2.24) is 4.90 Å². The lowest BCUT2D eigenvalue weighted by molar-refractivity contribution is 0.232. The molecular weight excluding hydrogens is 288 g/mol. The van der Waals surface area contributed by atoms with Crippen LogP contribution in [0.15, 0.2) is 22.7 Å². The predicted octanol–water partition coefficient (Wildman–Crippen LogP) is 3.11. The summed E-state index contributed by atoms with van der Waals surface area (Å²) in [6.07, 6.45) is 3.74. The van der Waals surface area contributed by atoms with Gasteiger partial charge in [-0.2, -0.15) is 0 Å². The maximum Gasteiger partial charge on any atom is 0.0354 e. The molecule has 3 heteroatoms. The highest BCUT2D eigenvalue weighted by atomic mass is 79.9. The molecule has 1 aromatic carbocycles. The number of halogens is 1. The molecule has 3 unspecified atom stereocenters. The molecule has 0 radical (unpaired) electrons. The highest BCUT2D eigenvalue weighted by Crippen LogP contribution is 2.41. The molecule has 1 aliphatic heterocycles. The molecule has 0 aromatic heterocycles. The molecule has 2 nitrogen and oxygen atoms in total. The lowest BCUT2D eigenvalue weighted by atomic mass is 10.0. The number of hydrogen-bond donors (Lipinski definition) is 1. The molecule has 1 fully saturated rings. The summed E-state index contributed by atoms with van der Waals surface area (Å²) in [5, 5.41) is 0. The zero-order valence-corrected chi connectivity index (χ0v) is 12.5. The molecule has 18 heavy (non-hydrogen) atoms. The first-order valence-corrected chi connectivity index (χ1v) is 7.73. The molecule has 2 N–H and O–H groups in total. The third-order valence-corrected chi connectivity index (χ3v) is 5.37. The molecule has 0 bridgehead atoms. The van der Waals surface area contributed by atoms with Gasteiger partial charge in [0.05, 0.1) is 0 Å². The van der Waals surface area contributed by atoms with Crippen molar-refractivity contribution in [2.75, 3.05) is 13.1 Å². The first-order chi connectivity index (χ1) is 8.66. The lowest BCUT2D eigenvalue weighted by Crippen LogP contribution is -2.31. The molecule has 2 aliphatic rings. The summed E-state index contributed by atoms with van der Waals surface area (Å²) in [6.45, 7) is 4.53. The summed E-state index contributed by atoms with van der Waals surface area (Å²) in [6, 6.07) is 7.59. The van der Waals surface area contributed by atoms with E-state index in [1.165, 1.54) is 48.0 Å². The molecule has 1 aliphatic carbocycles. The Morgan fingerprint density at radius 1 is 1.39 bits per heavy atom. The largest absolute Gasteiger partial charge is 0.328 e. The van der Waals surface area contributed by atoms with E-state index in [1.54, 1.807) is 0 Å². The second kappa shape index (κ2) is 4.95. The smallest absolute Gasteiger partial charge is 0.0354 e. The zero-order chi connectivity index (χ0) is 12.7. The quantitative estimate of drug-likeness (QED) is 0.909. The number of benzene rings is 1. The SMILES string of the molecule is CC(N)C1CCN(C2CCc3c(Br)cccc32)C1. The van der Waals surface area contributed by atoms with Crippen LogP contribution in [0.2, 0.25) is 0 Å². The van der Waals surface area contributed by atoms with E-state index in [0.29, 0.717) is 18.0 Å². The van der Waals surface area contributed by atoms with E-state index in [0.717, 1.165) is 0 Å². The summed E-state index contributed by atoms with van der Waals surface area (Å²) >= 11 is 3.68. The molecule has 1 heterocycles. The van der Waals surface area contributed by atoms with Crippen LogP contribution in [0.1, 0.15) is 36.9 Å². The van der Waals surface area contributed by atoms with Crippen LogP contribution in [0.5, 0.6) is 0 Å². The molecule has 98 valence electrons. The van der Waals surface area contributed by atoms with Crippen LogP contribution in [0.3, 0.4) is 0 Å². The van der Waals surface area contributed by atoms with Crippen LogP contribution in [0.25, 0.3) is 0 Å². The van der Waals surface area contributed by atoms with Crippen LogP contribution in [-0.4, -0.2) is 24.0 Å². The van der Waals surface area contributed by atoms with E-state index in [-0.39, 0.29) is 0 Å². The number of rotatable bonds is 2. The van der Waals surface area contributed by atoms with Gasteiger partial charge in [0.1, 0.15) is 0 Å². The maximum atomic E-state index is 6.04. The van der Waals surface area contributed by atoms with Crippen molar-refractivity contribution in [1.29, 1.82) is 0 Å². The maximum absolute atomic E-state index is 6.04. The lowest BCUT2D eigenvalue weighted by Gasteiger charge is -2.25. The summed E-state index contributed by atoms with van der Waals surface area (Å²) in [4.78, 5) is 2.65. The Bertz CT molecular complexity index is 444. The van der Waals surface area contributed by atoms with Crippen molar-refractivity contribution in [2.24, 2.45) is 11.7 Å². The second-order valence-corrected chi connectivity index (χ2v) is 6.62. The summed E-state index contributed by atoms with van der Waals surface area (Å²) < 4.78 is 1.28. The third kappa shape index (κ3) is 2.13. The van der Waals surface area contributed by atoms with Gasteiger partial charge in [0.15, 0.2) is 0 Å². The van der Waals surface area contributed by atoms with E-state index >= 15 is 0 Å². The number of nitrogens with zero attached hydrogens (tertiary/aromatic N) is 1. The van der Waals surface area contributed by atoms with Crippen molar-refractivity contribution in [3.05, 3.63) is 33.8 Å². The molecule has 3 rings (SSSR count). The van der Waals surface area contributed by atoms with Gasteiger partial charge >= 0.3 is 0 Å². The minimum absolute atomic E-state index is 0.332. The van der Waals surface area contributed by atoms with E-state index in [4.69, 9.17) is 5.73 Å². The van der Waals surface area contributed by atoms with Gasteiger partial charge in [-0.05, 0) is 55.8 Å². The molecule has 0 amide bonds. The first kappa shape index (κ1) is 12.6. The predicted molar refractivity (Wildman–Crippen MR) is 78.5 cm³/mol. The Morgan fingerprint density at radius 3 is 2.94 bits per heavy atom. The van der Waals surface area contributed by atoms with Gasteiger partial charge in [-0.25, -0.2) is 0 Å². The number of hydrogen-bond acceptors (Lipinski definition) is 2. The van der Waals surface area contributed by atoms with Gasteiger partial charge in [-0.15, -0.1) is 0 Å². The second-order valence-electron chi connectivity index (χ2n) is 5.76. The minimum Gasteiger partial charge on any atom is -0.328 e. The Morgan fingerprint density at radius 2 is 2.22 bits per heavy atom. The van der Waals surface area contributed by atoms with Crippen LogP contribution in [0.4, 0.5) is 0 Å². The van der Waals surface area contributed by atoms with E-state index in [2.05, 4.69) is 46.0 Å². The van der Waals surface area contributed by atoms with E-state index in [9.17, 15) is 0 Å². The first-order valence-electron chi connectivity index (χ1n) is 6.93. The van der Waals surface area contributed by atoms with Crippen LogP contribution in [0, 0.1) is 5.92 Å². The van der Waals surface area contributed by atoms with Gasteiger partial charge < -0.3 is 5.73 Å². The molecule has 0 saturated carbocycles. The highest BCUT2D eigenvalue weighted by molar-refractivity contribution is 9.10. The number of fused-ring (bicyclic) bond motifs is 1. The van der Waals surface area contributed by atoms with Gasteiger partial charge in [0.2, 0.25) is 0 Å². The highest BCUT2D eigenvalue weighted by Gasteiger charge is 2.34. The molecule has 1 saturated heterocycles. The fourth-order valence-corrected chi connectivity index (χ4v) is 4.07. The van der Waals surface area contributed by atoms with E-state index in [1.807, 2.05) is 0 Å². The van der Waals surface area contributed by atoms with Crippen molar-refractivity contribution < 1.29 is 0 Å². The number of nitrogens with two attached hydrogens (primary N) is 1. The van der Waals surface area contributed by atoms with Crippen molar-refractivity contribution in [3.63, 3.8) is 0 Å².